The fourth-order valence-electron chi connectivity index (χ4n) is 1.47. The van der Waals surface area contributed by atoms with Gasteiger partial charge in [0.05, 0.1) is 16.4 Å². The molecule has 3 nitrogen and oxygen atoms in total. The summed E-state index contributed by atoms with van der Waals surface area (Å²) < 4.78 is 1.95. The van der Waals surface area contributed by atoms with Gasteiger partial charge in [0, 0.05) is 13.0 Å². The van der Waals surface area contributed by atoms with Crippen LogP contribution in [-0.2, 0) is 13.0 Å². The first-order chi connectivity index (χ1) is 7.20. The van der Waals surface area contributed by atoms with Gasteiger partial charge >= 0.3 is 0 Å². The lowest BCUT2D eigenvalue weighted by molar-refractivity contribution is 0.626. The van der Waals surface area contributed by atoms with E-state index in [9.17, 15) is 0 Å². The van der Waals surface area contributed by atoms with Crippen molar-refractivity contribution in [1.29, 1.82) is 0 Å². The maximum Gasteiger partial charge on any atom is 0.0850 e. The number of rotatable bonds is 5. The normalized spacial score (nSPS) is 11.5. The Bertz CT molecular complexity index is 342. The summed E-state index contributed by atoms with van der Waals surface area (Å²) >= 11 is 6.16. The predicted molar refractivity (Wildman–Crippen MR) is 64.2 cm³/mol. The zero-order valence-corrected chi connectivity index (χ0v) is 10.1. The highest BCUT2D eigenvalue weighted by Gasteiger charge is 2.10. The minimum absolute atomic E-state index is 0.691. The Morgan fingerprint density at radius 3 is 2.80 bits per heavy atom. The second kappa shape index (κ2) is 5.93. The van der Waals surface area contributed by atoms with Gasteiger partial charge in [0.25, 0.3) is 0 Å². The molecule has 15 heavy (non-hydrogen) atoms. The number of hydrogen-bond donors (Lipinski definition) is 1. The van der Waals surface area contributed by atoms with Crippen LogP contribution in [0.2, 0.25) is 5.02 Å². The minimum Gasteiger partial charge on any atom is -0.330 e. The highest BCUT2D eigenvalue weighted by molar-refractivity contribution is 6.31. The molecule has 0 saturated carbocycles. The van der Waals surface area contributed by atoms with E-state index in [2.05, 4.69) is 24.2 Å². The molecule has 0 bridgehead atoms. The molecule has 84 valence electrons. The average Bonchev–Trinajstić information content (AvgIpc) is 2.51. The van der Waals surface area contributed by atoms with Crippen LogP contribution in [0.5, 0.6) is 0 Å². The van der Waals surface area contributed by atoms with Crippen molar-refractivity contribution in [1.82, 2.24) is 9.78 Å². The maximum absolute atomic E-state index is 6.16. The summed E-state index contributed by atoms with van der Waals surface area (Å²) in [6, 6.07) is 0. The van der Waals surface area contributed by atoms with Crippen molar-refractivity contribution < 1.29 is 0 Å². The van der Waals surface area contributed by atoms with E-state index in [0.29, 0.717) is 6.54 Å². The van der Waals surface area contributed by atoms with E-state index < -0.39 is 0 Å². The van der Waals surface area contributed by atoms with Crippen molar-refractivity contribution in [3.63, 3.8) is 0 Å². The van der Waals surface area contributed by atoms with Gasteiger partial charge in [-0.05, 0) is 26.8 Å². The SMILES string of the molecule is CCn1nc(C)c(Cl)c1CC=CCCN. The second-order valence-electron chi connectivity index (χ2n) is 3.41. The molecule has 0 aliphatic heterocycles. The van der Waals surface area contributed by atoms with Gasteiger partial charge in [-0.1, -0.05) is 23.8 Å². The molecule has 0 atom stereocenters. The summed E-state index contributed by atoms with van der Waals surface area (Å²) in [5, 5.41) is 5.14. The van der Waals surface area contributed by atoms with Crippen LogP contribution in [0.25, 0.3) is 0 Å². The lowest BCUT2D eigenvalue weighted by Crippen LogP contribution is -2.02. The molecule has 4 heteroatoms. The molecule has 1 heterocycles. The Morgan fingerprint density at radius 1 is 1.47 bits per heavy atom. The van der Waals surface area contributed by atoms with Gasteiger partial charge < -0.3 is 5.73 Å². The molecule has 0 radical (unpaired) electrons. The second-order valence-corrected chi connectivity index (χ2v) is 3.79. The summed E-state index contributed by atoms with van der Waals surface area (Å²) in [6.07, 6.45) is 5.92. The zero-order valence-electron chi connectivity index (χ0n) is 9.33. The molecule has 1 rings (SSSR count). The van der Waals surface area contributed by atoms with Crippen LogP contribution in [0.15, 0.2) is 12.2 Å². The summed E-state index contributed by atoms with van der Waals surface area (Å²) in [6.45, 7) is 5.54. The Morgan fingerprint density at radius 2 is 2.20 bits per heavy atom. The summed E-state index contributed by atoms with van der Waals surface area (Å²) in [5.74, 6) is 0. The van der Waals surface area contributed by atoms with Crippen LogP contribution in [0.4, 0.5) is 0 Å². The lowest BCUT2D eigenvalue weighted by Gasteiger charge is -2.01. The molecular formula is C11H18ClN3. The van der Waals surface area contributed by atoms with Crippen molar-refractivity contribution in [3.05, 3.63) is 28.6 Å². The molecule has 1 aromatic rings. The fraction of sp³-hybridized carbons (Fsp3) is 0.545. The number of aryl methyl sites for hydroxylation is 2. The van der Waals surface area contributed by atoms with Gasteiger partial charge in [0.2, 0.25) is 0 Å². The highest BCUT2D eigenvalue weighted by Crippen LogP contribution is 2.20. The maximum atomic E-state index is 6.16. The third-order valence-electron chi connectivity index (χ3n) is 2.26. The van der Waals surface area contributed by atoms with Gasteiger partial charge in [-0.15, -0.1) is 0 Å². The number of halogens is 1. The van der Waals surface area contributed by atoms with Crippen molar-refractivity contribution >= 4 is 11.6 Å². The van der Waals surface area contributed by atoms with Crippen LogP contribution in [0.1, 0.15) is 24.7 Å². The molecule has 0 unspecified atom stereocenters. The van der Waals surface area contributed by atoms with E-state index in [4.69, 9.17) is 17.3 Å². The first-order valence-corrected chi connectivity index (χ1v) is 5.65. The van der Waals surface area contributed by atoms with E-state index in [0.717, 1.165) is 35.8 Å². The molecule has 0 amide bonds. The molecule has 0 fully saturated rings. The van der Waals surface area contributed by atoms with Crippen molar-refractivity contribution in [2.75, 3.05) is 6.54 Å². The van der Waals surface area contributed by atoms with Gasteiger partial charge in [-0.2, -0.15) is 5.10 Å². The topological polar surface area (TPSA) is 43.8 Å². The summed E-state index contributed by atoms with van der Waals surface area (Å²) in [7, 11) is 0. The zero-order chi connectivity index (χ0) is 11.3. The summed E-state index contributed by atoms with van der Waals surface area (Å²) in [4.78, 5) is 0. The Balaban J connectivity index is 2.74. The van der Waals surface area contributed by atoms with Crippen LogP contribution < -0.4 is 5.73 Å². The standard InChI is InChI=1S/C11H18ClN3/c1-3-15-10(7-5-4-6-8-13)11(12)9(2)14-15/h4-5H,3,6-8,13H2,1-2H3. The minimum atomic E-state index is 0.691. The Kier molecular flexibility index (Phi) is 4.85. The van der Waals surface area contributed by atoms with Crippen LogP contribution in [0, 0.1) is 6.92 Å². The number of nitrogens with two attached hydrogens (primary N) is 1. The first kappa shape index (κ1) is 12.3. The third kappa shape index (κ3) is 3.08. The number of aromatic nitrogens is 2. The quantitative estimate of drug-likeness (QED) is 0.785. The van der Waals surface area contributed by atoms with E-state index in [1.807, 2.05) is 11.6 Å². The third-order valence-corrected chi connectivity index (χ3v) is 2.76. The van der Waals surface area contributed by atoms with Gasteiger partial charge in [0.1, 0.15) is 0 Å². The Labute approximate surface area is 95.9 Å². The highest BCUT2D eigenvalue weighted by atomic mass is 35.5. The molecule has 0 spiro atoms. The average molecular weight is 228 g/mol. The first-order valence-electron chi connectivity index (χ1n) is 5.27. The summed E-state index contributed by atoms with van der Waals surface area (Å²) in [5.41, 5.74) is 7.39. The molecule has 0 aliphatic carbocycles. The van der Waals surface area contributed by atoms with Crippen molar-refractivity contribution in [2.24, 2.45) is 5.73 Å². The van der Waals surface area contributed by atoms with Gasteiger partial charge in [0.15, 0.2) is 0 Å². The lowest BCUT2D eigenvalue weighted by atomic mass is 10.2. The van der Waals surface area contributed by atoms with E-state index in [1.54, 1.807) is 0 Å². The van der Waals surface area contributed by atoms with Crippen LogP contribution in [0.3, 0.4) is 0 Å². The fourth-order valence-corrected chi connectivity index (χ4v) is 1.69. The number of nitrogens with zero attached hydrogens (tertiary/aromatic N) is 2. The van der Waals surface area contributed by atoms with Gasteiger partial charge in [-0.25, -0.2) is 0 Å². The van der Waals surface area contributed by atoms with Gasteiger partial charge in [-0.3, -0.25) is 4.68 Å². The molecule has 0 aliphatic rings. The molecule has 1 aromatic heterocycles. The van der Waals surface area contributed by atoms with Crippen LogP contribution >= 0.6 is 11.6 Å². The number of hydrogen-bond acceptors (Lipinski definition) is 2. The van der Waals surface area contributed by atoms with Crippen molar-refractivity contribution in [3.8, 4) is 0 Å². The molecular weight excluding hydrogens is 210 g/mol. The monoisotopic (exact) mass is 227 g/mol. The van der Waals surface area contributed by atoms with E-state index >= 15 is 0 Å². The largest absolute Gasteiger partial charge is 0.330 e. The number of allylic oxidation sites excluding steroid dienone is 1. The van der Waals surface area contributed by atoms with Crippen LogP contribution in [-0.4, -0.2) is 16.3 Å². The predicted octanol–water partition coefficient (Wildman–Crippen LogP) is 2.31. The Hall–Kier alpha value is -0.800. The smallest absolute Gasteiger partial charge is 0.0850 e. The molecule has 0 saturated heterocycles. The molecule has 0 aromatic carbocycles. The molecule has 2 N–H and O–H groups in total. The van der Waals surface area contributed by atoms with Crippen molar-refractivity contribution in [2.45, 2.75) is 33.2 Å². The van der Waals surface area contributed by atoms with E-state index in [1.165, 1.54) is 0 Å². The van der Waals surface area contributed by atoms with E-state index in [-0.39, 0.29) is 0 Å².